The van der Waals surface area contributed by atoms with Crippen molar-refractivity contribution in [3.8, 4) is 0 Å². The van der Waals surface area contributed by atoms with Crippen molar-refractivity contribution >= 4 is 39.1 Å². The van der Waals surface area contributed by atoms with Crippen LogP contribution in [0.2, 0.25) is 0 Å². The lowest BCUT2D eigenvalue weighted by molar-refractivity contribution is -0.380. The molecule has 0 atom stereocenters. The van der Waals surface area contributed by atoms with E-state index < -0.39 is 4.92 Å². The predicted molar refractivity (Wildman–Crippen MR) is 102 cm³/mol. The van der Waals surface area contributed by atoms with Gasteiger partial charge in [0.15, 0.2) is 5.13 Å². The van der Waals surface area contributed by atoms with Crippen LogP contribution in [0.3, 0.4) is 0 Å². The number of piperidine rings is 1. The van der Waals surface area contributed by atoms with Crippen molar-refractivity contribution in [2.75, 3.05) is 23.7 Å². The lowest BCUT2D eigenvalue weighted by Gasteiger charge is -2.31. The molecule has 2 aromatic rings. The number of amides is 3. The zero-order valence-corrected chi connectivity index (χ0v) is 15.5. The Morgan fingerprint density at radius 1 is 1.22 bits per heavy atom. The van der Waals surface area contributed by atoms with Crippen LogP contribution in [-0.4, -0.2) is 39.8 Å². The van der Waals surface area contributed by atoms with E-state index in [9.17, 15) is 19.7 Å². The summed E-state index contributed by atoms with van der Waals surface area (Å²) in [5, 5.41) is 16.2. The molecule has 2 heterocycles. The van der Waals surface area contributed by atoms with Crippen LogP contribution in [0.25, 0.3) is 0 Å². The summed E-state index contributed by atoms with van der Waals surface area (Å²) in [7, 11) is 0. The normalized spacial score (nSPS) is 14.6. The molecule has 1 aliphatic heterocycles. The zero-order chi connectivity index (χ0) is 19.4. The van der Waals surface area contributed by atoms with Gasteiger partial charge >= 0.3 is 11.0 Å². The second-order valence-electron chi connectivity index (χ2n) is 6.31. The van der Waals surface area contributed by atoms with E-state index in [2.05, 4.69) is 15.6 Å². The fourth-order valence-corrected chi connectivity index (χ4v) is 3.43. The van der Waals surface area contributed by atoms with Crippen molar-refractivity contribution in [3.63, 3.8) is 0 Å². The summed E-state index contributed by atoms with van der Waals surface area (Å²) >= 11 is 0.824. The van der Waals surface area contributed by atoms with E-state index in [1.54, 1.807) is 4.90 Å². The van der Waals surface area contributed by atoms with Crippen molar-refractivity contribution in [2.24, 2.45) is 5.92 Å². The van der Waals surface area contributed by atoms with Gasteiger partial charge in [0.1, 0.15) is 6.20 Å². The standard InChI is InChI=1S/C17H19N5O4S/c1-11-2-4-13(5-3-11)19-17(24)21-8-6-12(7-9-21)15(23)20-16-18-10-14(27-16)22(25)26/h2-5,10,12H,6-9H2,1H3,(H,19,24)(H,18,20,23). The number of rotatable bonds is 4. The topological polar surface area (TPSA) is 117 Å². The smallest absolute Gasteiger partial charge is 0.324 e. The quantitative estimate of drug-likeness (QED) is 0.615. The van der Waals surface area contributed by atoms with Gasteiger partial charge in [0, 0.05) is 24.7 Å². The number of benzene rings is 1. The third kappa shape index (κ3) is 4.79. The Kier molecular flexibility index (Phi) is 5.65. The molecule has 1 fully saturated rings. The van der Waals surface area contributed by atoms with Gasteiger partial charge in [0.05, 0.1) is 4.92 Å². The molecule has 3 amide bonds. The number of aromatic nitrogens is 1. The first-order chi connectivity index (χ1) is 12.9. The molecule has 1 aromatic heterocycles. The van der Waals surface area contributed by atoms with Gasteiger partial charge in [-0.1, -0.05) is 17.7 Å². The van der Waals surface area contributed by atoms with Crippen LogP contribution in [0.1, 0.15) is 18.4 Å². The minimum atomic E-state index is -0.543. The molecule has 3 rings (SSSR count). The highest BCUT2D eigenvalue weighted by molar-refractivity contribution is 7.18. The van der Waals surface area contributed by atoms with Crippen LogP contribution in [0.15, 0.2) is 30.5 Å². The summed E-state index contributed by atoms with van der Waals surface area (Å²) < 4.78 is 0. The van der Waals surface area contributed by atoms with Gasteiger partial charge in [-0.25, -0.2) is 9.78 Å². The predicted octanol–water partition coefficient (Wildman–Crippen LogP) is 3.24. The van der Waals surface area contributed by atoms with E-state index in [0.717, 1.165) is 28.8 Å². The number of nitrogens with one attached hydrogen (secondary N) is 2. The number of anilines is 2. The van der Waals surface area contributed by atoms with Crippen molar-refractivity contribution in [1.29, 1.82) is 0 Å². The average Bonchev–Trinajstić information content (AvgIpc) is 3.12. The highest BCUT2D eigenvalue weighted by atomic mass is 32.1. The molecule has 0 unspecified atom stereocenters. The Labute approximate surface area is 159 Å². The maximum Gasteiger partial charge on any atom is 0.345 e. The molecule has 10 heteroatoms. The van der Waals surface area contributed by atoms with Crippen LogP contribution >= 0.6 is 11.3 Å². The molecule has 27 heavy (non-hydrogen) atoms. The summed E-state index contributed by atoms with van der Waals surface area (Å²) in [6.45, 7) is 2.91. The van der Waals surface area contributed by atoms with E-state index in [-0.39, 0.29) is 28.0 Å². The molecular weight excluding hydrogens is 370 g/mol. The maximum absolute atomic E-state index is 12.3. The summed E-state index contributed by atoms with van der Waals surface area (Å²) in [4.78, 5) is 40.3. The number of carbonyl (C=O) groups is 2. The fraction of sp³-hybridized carbons (Fsp3) is 0.353. The number of urea groups is 1. The minimum absolute atomic E-state index is 0.118. The number of likely N-dealkylation sites (tertiary alicyclic amines) is 1. The molecule has 0 bridgehead atoms. The second-order valence-corrected chi connectivity index (χ2v) is 7.32. The number of thiazole rings is 1. The van der Waals surface area contributed by atoms with Crippen LogP contribution in [0, 0.1) is 23.0 Å². The Hall–Kier alpha value is -3.01. The molecule has 9 nitrogen and oxygen atoms in total. The second kappa shape index (κ2) is 8.12. The lowest BCUT2D eigenvalue weighted by atomic mass is 9.96. The van der Waals surface area contributed by atoms with E-state index in [0.29, 0.717) is 25.9 Å². The summed E-state index contributed by atoms with van der Waals surface area (Å²) in [5.41, 5.74) is 1.85. The fourth-order valence-electron chi connectivity index (χ4n) is 2.80. The van der Waals surface area contributed by atoms with Gasteiger partial charge < -0.3 is 15.5 Å². The van der Waals surface area contributed by atoms with Crippen molar-refractivity contribution < 1.29 is 14.5 Å². The van der Waals surface area contributed by atoms with E-state index >= 15 is 0 Å². The number of hydrogen-bond acceptors (Lipinski definition) is 6. The lowest BCUT2D eigenvalue weighted by Crippen LogP contribution is -2.43. The zero-order valence-electron chi connectivity index (χ0n) is 14.7. The van der Waals surface area contributed by atoms with E-state index in [1.165, 1.54) is 0 Å². The van der Waals surface area contributed by atoms with Crippen LogP contribution in [0.4, 0.5) is 20.6 Å². The van der Waals surface area contributed by atoms with Crippen molar-refractivity contribution in [2.45, 2.75) is 19.8 Å². The molecule has 1 saturated heterocycles. The summed E-state index contributed by atoms with van der Waals surface area (Å²) in [5.74, 6) is -0.478. The maximum atomic E-state index is 12.3. The monoisotopic (exact) mass is 389 g/mol. The largest absolute Gasteiger partial charge is 0.345 e. The Bertz CT molecular complexity index is 843. The first-order valence-corrected chi connectivity index (χ1v) is 9.27. The number of nitro groups is 1. The first-order valence-electron chi connectivity index (χ1n) is 8.46. The average molecular weight is 389 g/mol. The number of aryl methyl sites for hydroxylation is 1. The van der Waals surface area contributed by atoms with Crippen LogP contribution in [-0.2, 0) is 4.79 Å². The van der Waals surface area contributed by atoms with Crippen molar-refractivity contribution in [1.82, 2.24) is 9.88 Å². The molecule has 0 aliphatic carbocycles. The van der Waals surface area contributed by atoms with Gasteiger partial charge in [0.2, 0.25) is 5.91 Å². The van der Waals surface area contributed by atoms with Crippen LogP contribution in [0.5, 0.6) is 0 Å². The highest BCUT2D eigenvalue weighted by Gasteiger charge is 2.28. The Balaban J connectivity index is 1.48. The van der Waals surface area contributed by atoms with Gasteiger partial charge in [-0.15, -0.1) is 0 Å². The molecular formula is C17H19N5O4S. The SMILES string of the molecule is Cc1ccc(NC(=O)N2CCC(C(=O)Nc3ncc([N+](=O)[O-])s3)CC2)cc1. The van der Waals surface area contributed by atoms with E-state index in [4.69, 9.17) is 0 Å². The van der Waals surface area contributed by atoms with Gasteiger partial charge in [-0.3, -0.25) is 14.9 Å². The third-order valence-electron chi connectivity index (χ3n) is 4.36. The molecule has 0 saturated carbocycles. The first kappa shape index (κ1) is 18.8. The molecule has 142 valence electrons. The van der Waals surface area contributed by atoms with Crippen molar-refractivity contribution in [3.05, 3.63) is 46.1 Å². The molecule has 0 radical (unpaired) electrons. The van der Waals surface area contributed by atoms with Gasteiger partial charge in [-0.05, 0) is 43.2 Å². The third-order valence-corrected chi connectivity index (χ3v) is 5.22. The number of hydrogen-bond donors (Lipinski definition) is 2. The molecule has 2 N–H and O–H groups in total. The molecule has 1 aromatic carbocycles. The molecule has 1 aliphatic rings. The number of carbonyl (C=O) groups excluding carboxylic acids is 2. The summed E-state index contributed by atoms with van der Waals surface area (Å²) in [6, 6.07) is 7.36. The Morgan fingerprint density at radius 2 is 1.89 bits per heavy atom. The number of nitrogens with zero attached hydrogens (tertiary/aromatic N) is 3. The minimum Gasteiger partial charge on any atom is -0.324 e. The summed E-state index contributed by atoms with van der Waals surface area (Å²) in [6.07, 6.45) is 2.18. The van der Waals surface area contributed by atoms with Gasteiger partial charge in [-0.2, -0.15) is 0 Å². The Morgan fingerprint density at radius 3 is 2.48 bits per heavy atom. The van der Waals surface area contributed by atoms with Crippen LogP contribution < -0.4 is 10.6 Å². The van der Waals surface area contributed by atoms with Gasteiger partial charge in [0.25, 0.3) is 0 Å². The van der Waals surface area contributed by atoms with E-state index in [1.807, 2.05) is 31.2 Å². The molecule has 0 spiro atoms. The highest BCUT2D eigenvalue weighted by Crippen LogP contribution is 2.26.